The number of piperidine rings is 1. The van der Waals surface area contributed by atoms with E-state index >= 15 is 0 Å². The van der Waals surface area contributed by atoms with Crippen LogP contribution in [0.3, 0.4) is 0 Å². The maximum atomic E-state index is 12.2. The summed E-state index contributed by atoms with van der Waals surface area (Å²) < 4.78 is 2.12. The second-order valence-electron chi connectivity index (χ2n) is 6.70. The zero-order chi connectivity index (χ0) is 16.9. The second-order valence-corrected chi connectivity index (χ2v) is 6.70. The lowest BCUT2D eigenvalue weighted by molar-refractivity contribution is 0.0980. The van der Waals surface area contributed by atoms with Gasteiger partial charge in [-0.3, -0.25) is 4.79 Å². The van der Waals surface area contributed by atoms with E-state index in [-0.39, 0.29) is 5.78 Å². The average molecular weight is 326 g/mol. The molecule has 0 N–H and O–H groups in total. The lowest BCUT2D eigenvalue weighted by atomic mass is 10.0. The minimum atomic E-state index is 0.206. The van der Waals surface area contributed by atoms with E-state index in [9.17, 15) is 4.79 Å². The third-order valence-electron chi connectivity index (χ3n) is 4.74. The minimum Gasteiger partial charge on any atom is -0.306 e. The van der Waals surface area contributed by atoms with E-state index in [0.29, 0.717) is 12.5 Å². The van der Waals surface area contributed by atoms with Gasteiger partial charge in [-0.05, 0) is 46.3 Å². The molecule has 5 nitrogen and oxygen atoms in total. The van der Waals surface area contributed by atoms with Crippen LogP contribution in [0.15, 0.2) is 30.3 Å². The van der Waals surface area contributed by atoms with Crippen molar-refractivity contribution < 1.29 is 4.79 Å². The van der Waals surface area contributed by atoms with E-state index in [0.717, 1.165) is 56.0 Å². The van der Waals surface area contributed by atoms with Crippen LogP contribution < -0.4 is 0 Å². The first kappa shape index (κ1) is 16.8. The first-order chi connectivity index (χ1) is 11.6. The van der Waals surface area contributed by atoms with Gasteiger partial charge >= 0.3 is 0 Å². The number of hydrogen-bond acceptors (Lipinski definition) is 4. The third kappa shape index (κ3) is 4.09. The normalized spacial score (nSPS) is 16.4. The molecule has 0 bridgehead atoms. The molecule has 0 saturated carbocycles. The molecule has 1 aromatic carbocycles. The summed E-state index contributed by atoms with van der Waals surface area (Å²) in [7, 11) is 2.17. The fourth-order valence-electron chi connectivity index (χ4n) is 3.35. The highest BCUT2D eigenvalue weighted by Crippen LogP contribution is 2.23. The van der Waals surface area contributed by atoms with Gasteiger partial charge in [-0.15, -0.1) is 0 Å². The summed E-state index contributed by atoms with van der Waals surface area (Å²) in [5.74, 6) is 2.07. The Bertz CT molecular complexity index is 672. The predicted octanol–water partition coefficient (Wildman–Crippen LogP) is 3.06. The van der Waals surface area contributed by atoms with Crippen molar-refractivity contribution in [2.75, 3.05) is 20.1 Å². The van der Waals surface area contributed by atoms with Gasteiger partial charge in [0.25, 0.3) is 0 Å². The van der Waals surface area contributed by atoms with Crippen LogP contribution in [0.5, 0.6) is 0 Å². The molecule has 1 aromatic heterocycles. The predicted molar refractivity (Wildman–Crippen MR) is 94.2 cm³/mol. The Morgan fingerprint density at radius 2 is 1.92 bits per heavy atom. The highest BCUT2D eigenvalue weighted by Gasteiger charge is 2.22. The van der Waals surface area contributed by atoms with E-state index in [4.69, 9.17) is 0 Å². The smallest absolute Gasteiger partial charge is 0.162 e. The van der Waals surface area contributed by atoms with Crippen LogP contribution in [-0.2, 0) is 6.42 Å². The van der Waals surface area contributed by atoms with Crippen molar-refractivity contribution in [3.63, 3.8) is 0 Å². The maximum absolute atomic E-state index is 12.2. The summed E-state index contributed by atoms with van der Waals surface area (Å²) in [4.78, 5) is 19.2. The molecule has 2 heterocycles. The number of carbonyl (C=O) groups excluding carboxylic acids is 1. The Labute approximate surface area is 143 Å². The Kier molecular flexibility index (Phi) is 5.41. The van der Waals surface area contributed by atoms with Gasteiger partial charge in [0, 0.05) is 18.4 Å². The molecule has 0 spiro atoms. The summed E-state index contributed by atoms with van der Waals surface area (Å²) >= 11 is 0. The van der Waals surface area contributed by atoms with Crippen molar-refractivity contribution in [2.24, 2.45) is 0 Å². The highest BCUT2D eigenvalue weighted by molar-refractivity contribution is 5.95. The van der Waals surface area contributed by atoms with Crippen LogP contribution in [0.1, 0.15) is 53.7 Å². The lowest BCUT2D eigenvalue weighted by Crippen LogP contribution is -2.32. The Morgan fingerprint density at radius 1 is 1.21 bits per heavy atom. The summed E-state index contributed by atoms with van der Waals surface area (Å²) in [5.41, 5.74) is 0.797. The standard InChI is InChI=1S/C19H26N4O/c1-15-20-19(23(21-15)17-11-13-22(2)14-12-17)10-6-9-18(24)16-7-4-3-5-8-16/h3-5,7-8,17H,6,9-14H2,1-2H3. The molecule has 0 aliphatic carbocycles. The number of Topliss-reactive ketones (excluding diaryl/α,β-unsaturated/α-hetero) is 1. The van der Waals surface area contributed by atoms with Crippen molar-refractivity contribution in [3.8, 4) is 0 Å². The molecule has 0 unspecified atom stereocenters. The van der Waals surface area contributed by atoms with E-state index in [1.54, 1.807) is 0 Å². The molecule has 2 aromatic rings. The number of likely N-dealkylation sites (tertiary alicyclic amines) is 1. The fourth-order valence-corrected chi connectivity index (χ4v) is 3.35. The van der Waals surface area contributed by atoms with Gasteiger partial charge in [0.2, 0.25) is 0 Å². The number of carbonyl (C=O) groups is 1. The van der Waals surface area contributed by atoms with E-state index in [1.165, 1.54) is 0 Å². The van der Waals surface area contributed by atoms with Crippen molar-refractivity contribution >= 4 is 5.78 Å². The van der Waals surface area contributed by atoms with Gasteiger partial charge in [-0.2, -0.15) is 5.10 Å². The summed E-state index contributed by atoms with van der Waals surface area (Å²) in [6.07, 6.45) is 4.43. The highest BCUT2D eigenvalue weighted by atomic mass is 16.1. The number of benzene rings is 1. The van der Waals surface area contributed by atoms with E-state index < -0.39 is 0 Å². The van der Waals surface area contributed by atoms with Gasteiger partial charge in [0.05, 0.1) is 6.04 Å². The van der Waals surface area contributed by atoms with E-state index in [1.807, 2.05) is 37.3 Å². The zero-order valence-electron chi connectivity index (χ0n) is 14.6. The first-order valence-electron chi connectivity index (χ1n) is 8.82. The number of hydrogen-bond donors (Lipinski definition) is 0. The largest absolute Gasteiger partial charge is 0.306 e. The molecular weight excluding hydrogens is 300 g/mol. The van der Waals surface area contributed by atoms with Gasteiger partial charge in [0.1, 0.15) is 11.6 Å². The molecule has 1 aliphatic rings. The van der Waals surface area contributed by atoms with E-state index in [2.05, 4.69) is 26.7 Å². The molecule has 24 heavy (non-hydrogen) atoms. The molecular formula is C19H26N4O. The number of ketones is 1. The van der Waals surface area contributed by atoms with Crippen molar-refractivity contribution in [1.82, 2.24) is 19.7 Å². The Balaban J connectivity index is 1.58. The maximum Gasteiger partial charge on any atom is 0.162 e. The van der Waals surface area contributed by atoms with Gasteiger partial charge in [-0.25, -0.2) is 9.67 Å². The molecule has 5 heteroatoms. The lowest BCUT2D eigenvalue weighted by Gasteiger charge is -2.29. The SMILES string of the molecule is Cc1nc(CCCC(=O)c2ccccc2)n(C2CCN(C)CC2)n1. The Morgan fingerprint density at radius 3 is 2.62 bits per heavy atom. The van der Waals surface area contributed by atoms with Crippen LogP contribution in [0.2, 0.25) is 0 Å². The number of rotatable bonds is 6. The quantitative estimate of drug-likeness (QED) is 0.766. The minimum absolute atomic E-state index is 0.206. The van der Waals surface area contributed by atoms with Crippen LogP contribution in [-0.4, -0.2) is 45.6 Å². The van der Waals surface area contributed by atoms with Crippen LogP contribution >= 0.6 is 0 Å². The first-order valence-corrected chi connectivity index (χ1v) is 8.82. The zero-order valence-corrected chi connectivity index (χ0v) is 14.6. The molecule has 128 valence electrons. The molecule has 0 atom stereocenters. The van der Waals surface area contributed by atoms with Crippen molar-refractivity contribution in [1.29, 1.82) is 0 Å². The van der Waals surface area contributed by atoms with Gasteiger partial charge in [-0.1, -0.05) is 30.3 Å². The Hall–Kier alpha value is -2.01. The molecule has 0 amide bonds. The van der Waals surface area contributed by atoms with Crippen LogP contribution in [0, 0.1) is 6.92 Å². The fraction of sp³-hybridized carbons (Fsp3) is 0.526. The average Bonchev–Trinajstić information content (AvgIpc) is 2.97. The van der Waals surface area contributed by atoms with Crippen LogP contribution in [0.25, 0.3) is 0 Å². The summed E-state index contributed by atoms with van der Waals surface area (Å²) in [6, 6.07) is 9.97. The molecule has 0 radical (unpaired) electrons. The third-order valence-corrected chi connectivity index (χ3v) is 4.74. The summed E-state index contributed by atoms with van der Waals surface area (Å²) in [5, 5.41) is 4.62. The number of aryl methyl sites for hydroxylation is 2. The van der Waals surface area contributed by atoms with Crippen molar-refractivity contribution in [2.45, 2.75) is 45.1 Å². The van der Waals surface area contributed by atoms with Crippen molar-refractivity contribution in [3.05, 3.63) is 47.5 Å². The summed E-state index contributed by atoms with van der Waals surface area (Å²) in [6.45, 7) is 4.16. The molecule has 3 rings (SSSR count). The molecule has 1 aliphatic heterocycles. The molecule has 1 saturated heterocycles. The van der Waals surface area contributed by atoms with Crippen LogP contribution in [0.4, 0.5) is 0 Å². The van der Waals surface area contributed by atoms with Gasteiger partial charge in [0.15, 0.2) is 5.78 Å². The van der Waals surface area contributed by atoms with Gasteiger partial charge < -0.3 is 4.90 Å². The topological polar surface area (TPSA) is 51.0 Å². The second kappa shape index (κ2) is 7.71. The molecule has 1 fully saturated rings. The monoisotopic (exact) mass is 326 g/mol. The number of nitrogens with zero attached hydrogens (tertiary/aromatic N) is 4. The number of aromatic nitrogens is 3.